The Kier molecular flexibility index (Phi) is 4.37. The fourth-order valence-corrected chi connectivity index (χ4v) is 2.72. The van der Waals surface area contributed by atoms with Crippen molar-refractivity contribution < 1.29 is 9.47 Å². The van der Waals surface area contributed by atoms with Gasteiger partial charge in [0.15, 0.2) is 11.5 Å². The number of nitrogens with one attached hydrogen (secondary N) is 2. The van der Waals surface area contributed by atoms with Crippen molar-refractivity contribution in [3.63, 3.8) is 0 Å². The quantitative estimate of drug-likeness (QED) is 0.754. The third-order valence-electron chi connectivity index (χ3n) is 3.88. The molecular formula is C18H19N3O3. The number of aryl methyl sites for hydroxylation is 1. The summed E-state index contributed by atoms with van der Waals surface area (Å²) in [6.45, 7) is 2.39. The van der Waals surface area contributed by atoms with Gasteiger partial charge in [0.1, 0.15) is 0 Å². The van der Waals surface area contributed by atoms with Crippen LogP contribution in [0.3, 0.4) is 0 Å². The number of benzene rings is 2. The van der Waals surface area contributed by atoms with Gasteiger partial charge in [0.2, 0.25) is 5.95 Å². The van der Waals surface area contributed by atoms with Gasteiger partial charge in [-0.15, -0.1) is 0 Å². The summed E-state index contributed by atoms with van der Waals surface area (Å²) in [5, 5.41) is 3.64. The zero-order chi connectivity index (χ0) is 17.1. The number of aromatic nitrogens is 2. The van der Waals surface area contributed by atoms with Crippen molar-refractivity contribution in [2.75, 3.05) is 19.5 Å². The van der Waals surface area contributed by atoms with E-state index < -0.39 is 0 Å². The molecule has 2 N–H and O–H groups in total. The van der Waals surface area contributed by atoms with Gasteiger partial charge in [-0.3, -0.25) is 9.78 Å². The summed E-state index contributed by atoms with van der Waals surface area (Å²) in [6, 6.07) is 11.6. The molecule has 1 heterocycles. The Balaban J connectivity index is 2.02. The first-order valence-corrected chi connectivity index (χ1v) is 7.57. The maximum atomic E-state index is 12.5. The van der Waals surface area contributed by atoms with Crippen molar-refractivity contribution in [2.24, 2.45) is 0 Å². The van der Waals surface area contributed by atoms with Crippen LogP contribution in [0.1, 0.15) is 11.1 Å². The molecule has 0 bridgehead atoms. The molecule has 24 heavy (non-hydrogen) atoms. The van der Waals surface area contributed by atoms with Crippen LogP contribution in [0.25, 0.3) is 10.9 Å². The number of anilines is 1. The minimum Gasteiger partial charge on any atom is -0.493 e. The van der Waals surface area contributed by atoms with Gasteiger partial charge < -0.3 is 14.8 Å². The number of hydrogen-bond donors (Lipinski definition) is 2. The van der Waals surface area contributed by atoms with Crippen LogP contribution in [-0.4, -0.2) is 24.2 Å². The van der Waals surface area contributed by atoms with E-state index in [2.05, 4.69) is 15.3 Å². The molecule has 0 aliphatic carbocycles. The minimum atomic E-state index is -0.214. The normalized spacial score (nSPS) is 10.6. The largest absolute Gasteiger partial charge is 0.493 e. The molecule has 124 valence electrons. The van der Waals surface area contributed by atoms with Crippen molar-refractivity contribution in [3.8, 4) is 11.5 Å². The highest BCUT2D eigenvalue weighted by molar-refractivity contribution is 5.86. The fourth-order valence-electron chi connectivity index (χ4n) is 2.72. The lowest BCUT2D eigenvalue weighted by molar-refractivity contribution is 0.354. The molecule has 0 amide bonds. The van der Waals surface area contributed by atoms with Gasteiger partial charge in [-0.25, -0.2) is 4.98 Å². The zero-order valence-corrected chi connectivity index (χ0v) is 13.8. The van der Waals surface area contributed by atoms with E-state index in [0.29, 0.717) is 40.5 Å². The second-order valence-corrected chi connectivity index (χ2v) is 5.38. The molecule has 2 aromatic carbocycles. The van der Waals surface area contributed by atoms with E-state index in [4.69, 9.17) is 9.47 Å². The van der Waals surface area contributed by atoms with Crippen molar-refractivity contribution in [2.45, 2.75) is 13.5 Å². The van der Waals surface area contributed by atoms with E-state index in [1.807, 2.05) is 37.3 Å². The summed E-state index contributed by atoms with van der Waals surface area (Å²) >= 11 is 0. The predicted molar refractivity (Wildman–Crippen MR) is 94.0 cm³/mol. The molecule has 0 saturated carbocycles. The average molecular weight is 325 g/mol. The molecule has 0 radical (unpaired) electrons. The number of rotatable bonds is 5. The molecule has 0 fully saturated rings. The van der Waals surface area contributed by atoms with Crippen LogP contribution < -0.4 is 20.3 Å². The lowest BCUT2D eigenvalue weighted by atomic mass is 10.1. The number of aromatic amines is 1. The zero-order valence-electron chi connectivity index (χ0n) is 13.8. The molecule has 0 spiro atoms. The van der Waals surface area contributed by atoms with E-state index in [1.165, 1.54) is 0 Å². The number of nitrogens with zero attached hydrogens (tertiary/aromatic N) is 1. The topological polar surface area (TPSA) is 76.2 Å². The molecular weight excluding hydrogens is 306 g/mol. The molecule has 3 aromatic rings. The lowest BCUT2D eigenvalue weighted by Gasteiger charge is -2.13. The van der Waals surface area contributed by atoms with Gasteiger partial charge in [-0.1, -0.05) is 30.3 Å². The highest BCUT2D eigenvalue weighted by atomic mass is 16.5. The number of hydrogen-bond acceptors (Lipinski definition) is 5. The molecule has 0 unspecified atom stereocenters. The summed E-state index contributed by atoms with van der Waals surface area (Å²) in [6.07, 6.45) is 0. The first-order valence-electron chi connectivity index (χ1n) is 7.57. The van der Waals surface area contributed by atoms with E-state index in [9.17, 15) is 4.79 Å². The second kappa shape index (κ2) is 6.62. The second-order valence-electron chi connectivity index (χ2n) is 5.38. The molecule has 3 rings (SSSR count). The predicted octanol–water partition coefficient (Wildman–Crippen LogP) is 2.86. The van der Waals surface area contributed by atoms with Crippen LogP contribution in [0.2, 0.25) is 0 Å². The summed E-state index contributed by atoms with van der Waals surface area (Å²) in [5.74, 6) is 1.51. The van der Waals surface area contributed by atoms with Crippen molar-refractivity contribution >= 4 is 16.9 Å². The Morgan fingerprint density at radius 2 is 1.92 bits per heavy atom. The first-order chi connectivity index (χ1) is 11.6. The molecule has 0 saturated heterocycles. The first kappa shape index (κ1) is 15.9. The molecule has 1 aromatic heterocycles. The van der Waals surface area contributed by atoms with Crippen LogP contribution in [-0.2, 0) is 6.54 Å². The monoisotopic (exact) mass is 325 g/mol. The molecule has 0 aliphatic rings. The van der Waals surface area contributed by atoms with Crippen molar-refractivity contribution in [1.82, 2.24) is 9.97 Å². The summed E-state index contributed by atoms with van der Waals surface area (Å²) in [5.41, 5.74) is 2.15. The Morgan fingerprint density at radius 3 is 2.58 bits per heavy atom. The fraction of sp³-hybridized carbons (Fsp3) is 0.222. The maximum absolute atomic E-state index is 12.5. The lowest BCUT2D eigenvalue weighted by Crippen LogP contribution is -2.14. The van der Waals surface area contributed by atoms with E-state index in [0.717, 1.165) is 5.56 Å². The molecule has 0 atom stereocenters. The van der Waals surface area contributed by atoms with Crippen LogP contribution >= 0.6 is 0 Å². The van der Waals surface area contributed by atoms with Crippen LogP contribution in [0.15, 0.2) is 41.2 Å². The third kappa shape index (κ3) is 2.90. The molecule has 0 aliphatic heterocycles. The number of H-pyrrole nitrogens is 1. The Labute approximate surface area is 139 Å². The Bertz CT molecular complexity index is 920. The van der Waals surface area contributed by atoms with Crippen LogP contribution in [0, 0.1) is 6.92 Å². The van der Waals surface area contributed by atoms with Crippen molar-refractivity contribution in [1.29, 1.82) is 0 Å². The van der Waals surface area contributed by atoms with E-state index in [1.54, 1.807) is 20.3 Å². The van der Waals surface area contributed by atoms with Gasteiger partial charge in [0.05, 0.1) is 25.1 Å². The van der Waals surface area contributed by atoms with Crippen molar-refractivity contribution in [3.05, 3.63) is 57.9 Å². The van der Waals surface area contributed by atoms with E-state index in [-0.39, 0.29) is 5.56 Å². The van der Waals surface area contributed by atoms with Crippen LogP contribution in [0.5, 0.6) is 11.5 Å². The number of ether oxygens (including phenoxy) is 2. The number of fused-ring (bicyclic) bond motifs is 1. The van der Waals surface area contributed by atoms with Gasteiger partial charge in [0, 0.05) is 18.2 Å². The smallest absolute Gasteiger partial charge is 0.260 e. The van der Waals surface area contributed by atoms with Gasteiger partial charge in [-0.2, -0.15) is 0 Å². The molecule has 6 heteroatoms. The summed E-state index contributed by atoms with van der Waals surface area (Å²) in [7, 11) is 3.11. The van der Waals surface area contributed by atoms with E-state index >= 15 is 0 Å². The highest BCUT2D eigenvalue weighted by Gasteiger charge is 2.15. The maximum Gasteiger partial charge on any atom is 0.260 e. The standard InChI is InChI=1S/C18H19N3O3/c1-11-15-13(9-14(23-2)16(11)24-3)20-18(21-17(15)22)19-10-12-7-5-4-6-8-12/h4-9H,10H2,1-3H3,(H2,19,20,21,22). The van der Waals surface area contributed by atoms with Gasteiger partial charge in [0.25, 0.3) is 5.56 Å². The third-order valence-corrected chi connectivity index (χ3v) is 3.88. The SMILES string of the molecule is COc1cc2nc(NCc3ccccc3)[nH]c(=O)c2c(C)c1OC. The average Bonchev–Trinajstić information content (AvgIpc) is 2.60. The van der Waals surface area contributed by atoms with Gasteiger partial charge in [-0.05, 0) is 12.5 Å². The van der Waals surface area contributed by atoms with Crippen LogP contribution in [0.4, 0.5) is 5.95 Å². The summed E-state index contributed by atoms with van der Waals surface area (Å²) < 4.78 is 10.7. The van der Waals surface area contributed by atoms with Gasteiger partial charge >= 0.3 is 0 Å². The Hall–Kier alpha value is -3.02. The summed E-state index contributed by atoms with van der Waals surface area (Å²) in [4.78, 5) is 19.7. The highest BCUT2D eigenvalue weighted by Crippen LogP contribution is 2.34. The molecule has 6 nitrogen and oxygen atoms in total. The minimum absolute atomic E-state index is 0.214. The number of methoxy groups -OCH3 is 2. The Morgan fingerprint density at radius 1 is 1.17 bits per heavy atom.